The lowest BCUT2D eigenvalue weighted by atomic mass is 10.2. The van der Waals surface area contributed by atoms with Gasteiger partial charge in [-0.3, -0.25) is 5.32 Å². The lowest BCUT2D eigenvalue weighted by Crippen LogP contribution is -2.48. The molecule has 1 saturated heterocycles. The van der Waals surface area contributed by atoms with Crippen LogP contribution < -0.4 is 5.32 Å². The Kier molecular flexibility index (Phi) is 1.87. The Morgan fingerprint density at radius 1 is 1.27 bits per heavy atom. The summed E-state index contributed by atoms with van der Waals surface area (Å²) in [6.07, 6.45) is 4.86. The standard InChI is InChI=1S/C8H16N2O/c11-10(6-5-9-7-10)8-3-1-2-4-8/h8-9H,1-7H2. The third-order valence-electron chi connectivity index (χ3n) is 3.04. The van der Waals surface area contributed by atoms with Crippen LogP contribution >= 0.6 is 0 Å². The molecule has 1 atom stereocenters. The van der Waals surface area contributed by atoms with Gasteiger partial charge in [-0.25, -0.2) is 0 Å². The molecular weight excluding hydrogens is 140 g/mol. The van der Waals surface area contributed by atoms with Crippen molar-refractivity contribution in [3.05, 3.63) is 5.21 Å². The van der Waals surface area contributed by atoms with Crippen LogP contribution in [0.4, 0.5) is 0 Å². The van der Waals surface area contributed by atoms with Crippen molar-refractivity contribution in [2.45, 2.75) is 31.7 Å². The Labute approximate surface area is 67.6 Å². The van der Waals surface area contributed by atoms with Gasteiger partial charge in [-0.15, -0.1) is 0 Å². The van der Waals surface area contributed by atoms with Gasteiger partial charge in [-0.05, 0) is 25.7 Å². The van der Waals surface area contributed by atoms with E-state index in [0.29, 0.717) is 12.7 Å². The third kappa shape index (κ3) is 1.28. The van der Waals surface area contributed by atoms with E-state index in [0.717, 1.165) is 25.9 Å². The molecule has 3 nitrogen and oxygen atoms in total. The van der Waals surface area contributed by atoms with Crippen molar-refractivity contribution < 1.29 is 4.65 Å². The smallest absolute Gasteiger partial charge is 0.132 e. The average molecular weight is 156 g/mol. The lowest BCUT2D eigenvalue weighted by Gasteiger charge is -2.43. The molecule has 0 radical (unpaired) electrons. The van der Waals surface area contributed by atoms with Gasteiger partial charge >= 0.3 is 0 Å². The minimum atomic E-state index is 0.0556. The van der Waals surface area contributed by atoms with Crippen LogP contribution in [0.5, 0.6) is 0 Å². The highest BCUT2D eigenvalue weighted by atomic mass is 16.6. The van der Waals surface area contributed by atoms with E-state index in [4.69, 9.17) is 0 Å². The zero-order valence-electron chi connectivity index (χ0n) is 6.88. The van der Waals surface area contributed by atoms with Crippen molar-refractivity contribution in [3.8, 4) is 0 Å². The number of hydrogen-bond donors (Lipinski definition) is 1. The second-order valence-electron chi connectivity index (χ2n) is 3.77. The van der Waals surface area contributed by atoms with E-state index >= 15 is 0 Å². The molecule has 0 spiro atoms. The minimum absolute atomic E-state index is 0.0556. The van der Waals surface area contributed by atoms with E-state index < -0.39 is 0 Å². The predicted molar refractivity (Wildman–Crippen MR) is 43.6 cm³/mol. The number of nitrogens with one attached hydrogen (secondary N) is 1. The van der Waals surface area contributed by atoms with Gasteiger partial charge < -0.3 is 9.85 Å². The number of rotatable bonds is 1. The second-order valence-corrected chi connectivity index (χ2v) is 3.77. The summed E-state index contributed by atoms with van der Waals surface area (Å²) < 4.78 is 0.0556. The van der Waals surface area contributed by atoms with E-state index in [2.05, 4.69) is 5.32 Å². The summed E-state index contributed by atoms with van der Waals surface area (Å²) in [6, 6.07) is 0.421. The largest absolute Gasteiger partial charge is 0.632 e. The zero-order valence-corrected chi connectivity index (χ0v) is 6.88. The molecule has 2 fully saturated rings. The summed E-state index contributed by atoms with van der Waals surface area (Å²) in [4.78, 5) is 0. The topological polar surface area (TPSA) is 35.1 Å². The summed E-state index contributed by atoms with van der Waals surface area (Å²) in [6.45, 7) is 2.37. The molecule has 1 aliphatic heterocycles. The Bertz CT molecular complexity index is 137. The van der Waals surface area contributed by atoms with Crippen LogP contribution in [0.25, 0.3) is 0 Å². The fourth-order valence-electron chi connectivity index (χ4n) is 2.30. The first-order valence-corrected chi connectivity index (χ1v) is 4.60. The van der Waals surface area contributed by atoms with Crippen LogP contribution in [-0.4, -0.2) is 30.4 Å². The maximum absolute atomic E-state index is 12.0. The maximum atomic E-state index is 12.0. The summed E-state index contributed by atoms with van der Waals surface area (Å²) in [5.41, 5.74) is 0. The quantitative estimate of drug-likeness (QED) is 0.450. The Morgan fingerprint density at radius 3 is 2.55 bits per heavy atom. The molecule has 3 heteroatoms. The Morgan fingerprint density at radius 2 is 2.00 bits per heavy atom. The molecule has 0 aromatic heterocycles. The lowest BCUT2D eigenvalue weighted by molar-refractivity contribution is -0.893. The van der Waals surface area contributed by atoms with E-state index in [1.54, 1.807) is 0 Å². The molecule has 2 rings (SSSR count). The van der Waals surface area contributed by atoms with E-state index in [9.17, 15) is 5.21 Å². The highest BCUT2D eigenvalue weighted by molar-refractivity contribution is 4.71. The monoisotopic (exact) mass is 156 g/mol. The summed E-state index contributed by atoms with van der Waals surface area (Å²) in [7, 11) is 0. The second kappa shape index (κ2) is 2.73. The van der Waals surface area contributed by atoms with Crippen molar-refractivity contribution in [1.29, 1.82) is 0 Å². The molecule has 1 unspecified atom stereocenters. The molecule has 0 amide bonds. The predicted octanol–water partition coefficient (Wildman–Crippen LogP) is 0.804. The van der Waals surface area contributed by atoms with Gasteiger partial charge in [0.05, 0.1) is 19.1 Å². The van der Waals surface area contributed by atoms with Gasteiger partial charge in [-0.1, -0.05) is 0 Å². The van der Waals surface area contributed by atoms with Crippen LogP contribution in [0, 0.1) is 5.21 Å². The van der Waals surface area contributed by atoms with E-state index in [1.807, 2.05) is 0 Å². The molecule has 0 bridgehead atoms. The Balaban J connectivity index is 2.00. The number of hydrogen-bond acceptors (Lipinski definition) is 2. The minimum Gasteiger partial charge on any atom is -0.632 e. The molecule has 1 aliphatic carbocycles. The molecule has 0 aromatic carbocycles. The first kappa shape index (κ1) is 7.53. The highest BCUT2D eigenvalue weighted by Gasteiger charge is 2.33. The van der Waals surface area contributed by atoms with Crippen LogP contribution in [0.3, 0.4) is 0 Å². The molecular formula is C8H16N2O. The van der Waals surface area contributed by atoms with Gasteiger partial charge in [0, 0.05) is 0 Å². The molecule has 1 heterocycles. The molecule has 0 aromatic rings. The average Bonchev–Trinajstić information content (AvgIpc) is 2.55. The van der Waals surface area contributed by atoms with Gasteiger partial charge in [0.25, 0.3) is 0 Å². The van der Waals surface area contributed by atoms with E-state index in [-0.39, 0.29) is 4.65 Å². The van der Waals surface area contributed by atoms with Gasteiger partial charge in [0.15, 0.2) is 0 Å². The fourth-order valence-corrected chi connectivity index (χ4v) is 2.30. The molecule has 2 aliphatic rings. The van der Waals surface area contributed by atoms with Crippen LogP contribution in [0.2, 0.25) is 0 Å². The number of hydroxylamine groups is 3. The Hall–Kier alpha value is -0.120. The number of nitrogens with zero attached hydrogens (tertiary/aromatic N) is 1. The molecule has 1 saturated carbocycles. The van der Waals surface area contributed by atoms with E-state index in [1.165, 1.54) is 12.8 Å². The number of quaternary nitrogens is 1. The van der Waals surface area contributed by atoms with Crippen LogP contribution in [-0.2, 0) is 0 Å². The van der Waals surface area contributed by atoms with Gasteiger partial charge in [0.2, 0.25) is 0 Å². The van der Waals surface area contributed by atoms with Crippen LogP contribution in [0.15, 0.2) is 0 Å². The molecule has 11 heavy (non-hydrogen) atoms. The first-order valence-electron chi connectivity index (χ1n) is 4.60. The molecule has 64 valence electrons. The van der Waals surface area contributed by atoms with Crippen molar-refractivity contribution in [3.63, 3.8) is 0 Å². The summed E-state index contributed by atoms with van der Waals surface area (Å²) in [5, 5.41) is 15.1. The fraction of sp³-hybridized carbons (Fsp3) is 1.00. The van der Waals surface area contributed by atoms with Crippen molar-refractivity contribution in [2.75, 3.05) is 19.8 Å². The third-order valence-corrected chi connectivity index (χ3v) is 3.04. The molecule has 1 N–H and O–H groups in total. The van der Waals surface area contributed by atoms with Crippen molar-refractivity contribution >= 4 is 0 Å². The highest BCUT2D eigenvalue weighted by Crippen LogP contribution is 2.29. The van der Waals surface area contributed by atoms with Crippen LogP contribution in [0.1, 0.15) is 25.7 Å². The maximum Gasteiger partial charge on any atom is 0.132 e. The van der Waals surface area contributed by atoms with Gasteiger partial charge in [0.1, 0.15) is 6.67 Å². The summed E-state index contributed by atoms with van der Waals surface area (Å²) >= 11 is 0. The van der Waals surface area contributed by atoms with Crippen molar-refractivity contribution in [1.82, 2.24) is 5.32 Å². The summed E-state index contributed by atoms with van der Waals surface area (Å²) in [5.74, 6) is 0. The normalized spacial score (nSPS) is 40.1. The van der Waals surface area contributed by atoms with Gasteiger partial charge in [-0.2, -0.15) is 0 Å². The SMILES string of the molecule is [O-][N+]1(C2CCCC2)CCNC1. The zero-order chi connectivity index (χ0) is 7.73. The first-order chi connectivity index (χ1) is 5.31. The van der Waals surface area contributed by atoms with Crippen molar-refractivity contribution in [2.24, 2.45) is 0 Å².